The molecule has 2 atom stereocenters. The van der Waals surface area contributed by atoms with Crippen LogP contribution in [0.3, 0.4) is 0 Å². The van der Waals surface area contributed by atoms with Gasteiger partial charge in [-0.25, -0.2) is 8.78 Å². The van der Waals surface area contributed by atoms with E-state index in [1.165, 1.54) is 25.3 Å². The Morgan fingerprint density at radius 2 is 1.88 bits per heavy atom. The van der Waals surface area contributed by atoms with Crippen LogP contribution in [-0.2, 0) is 16.1 Å². The minimum absolute atomic E-state index is 0.109. The first-order chi connectivity index (χ1) is 15.4. The maximum atomic E-state index is 14.2. The molecular formula is C24H23F2N3O3. The van der Waals surface area contributed by atoms with Gasteiger partial charge in [-0.1, -0.05) is 24.3 Å². The van der Waals surface area contributed by atoms with Gasteiger partial charge in [0.25, 0.3) is 5.91 Å². The summed E-state index contributed by atoms with van der Waals surface area (Å²) in [6.07, 6.45) is 0.274. The van der Waals surface area contributed by atoms with Crippen LogP contribution in [0.1, 0.15) is 28.0 Å². The zero-order chi connectivity index (χ0) is 22.8. The van der Waals surface area contributed by atoms with Gasteiger partial charge in [0.2, 0.25) is 0 Å². The molecule has 32 heavy (non-hydrogen) atoms. The first-order valence-corrected chi connectivity index (χ1v) is 10.3. The molecule has 2 aromatic carbocycles. The number of carbonyl (C=O) groups is 2. The van der Waals surface area contributed by atoms with Crippen molar-refractivity contribution in [2.75, 3.05) is 13.7 Å². The average Bonchev–Trinajstić information content (AvgIpc) is 3.17. The number of halogens is 2. The van der Waals surface area contributed by atoms with Crippen molar-refractivity contribution >= 4 is 22.8 Å². The number of aromatic nitrogens is 1. The van der Waals surface area contributed by atoms with E-state index in [4.69, 9.17) is 4.74 Å². The Morgan fingerprint density at radius 1 is 1.16 bits per heavy atom. The molecule has 1 aliphatic heterocycles. The van der Waals surface area contributed by atoms with Crippen molar-refractivity contribution in [2.24, 2.45) is 0 Å². The number of hydrogen-bond acceptors (Lipinski definition) is 5. The number of likely N-dealkylation sites (tertiary alicyclic amines) is 1. The van der Waals surface area contributed by atoms with Crippen LogP contribution in [0.4, 0.5) is 8.78 Å². The van der Waals surface area contributed by atoms with Crippen molar-refractivity contribution in [2.45, 2.75) is 32.0 Å². The lowest BCUT2D eigenvalue weighted by atomic mass is 10.1. The summed E-state index contributed by atoms with van der Waals surface area (Å²) in [5, 5.41) is 3.69. The van der Waals surface area contributed by atoms with Crippen molar-refractivity contribution in [3.63, 3.8) is 0 Å². The lowest BCUT2D eigenvalue weighted by Gasteiger charge is -2.22. The van der Waals surface area contributed by atoms with Crippen molar-refractivity contribution in [3.05, 3.63) is 77.0 Å². The van der Waals surface area contributed by atoms with E-state index in [2.05, 4.69) is 10.3 Å². The van der Waals surface area contributed by atoms with Crippen LogP contribution in [0, 0.1) is 18.6 Å². The molecule has 1 N–H and O–H groups in total. The van der Waals surface area contributed by atoms with E-state index in [1.54, 1.807) is 11.0 Å². The lowest BCUT2D eigenvalue weighted by molar-refractivity contribution is -0.146. The number of fused-ring (bicyclic) bond motifs is 1. The fourth-order valence-corrected chi connectivity index (χ4v) is 4.21. The molecule has 166 valence electrons. The van der Waals surface area contributed by atoms with E-state index in [9.17, 15) is 18.4 Å². The van der Waals surface area contributed by atoms with Crippen molar-refractivity contribution in [1.82, 2.24) is 15.2 Å². The first-order valence-electron chi connectivity index (χ1n) is 10.3. The Morgan fingerprint density at radius 3 is 2.59 bits per heavy atom. The third-order valence-corrected chi connectivity index (χ3v) is 5.72. The molecule has 0 aliphatic carbocycles. The number of nitrogens with one attached hydrogen (secondary N) is 1. The molecule has 1 fully saturated rings. The SMILES string of the molecule is COC(=O)[C@@H]1C[C@H](NC(=O)c2cc(C)nc3ccccc23)CN1Cc1c(F)cccc1F. The molecule has 6 nitrogen and oxygen atoms in total. The van der Waals surface area contributed by atoms with Gasteiger partial charge in [-0.05, 0) is 37.6 Å². The van der Waals surface area contributed by atoms with E-state index in [-0.39, 0.29) is 31.0 Å². The van der Waals surface area contributed by atoms with Gasteiger partial charge in [-0.15, -0.1) is 0 Å². The average molecular weight is 439 g/mol. The van der Waals surface area contributed by atoms with Crippen LogP contribution in [0.25, 0.3) is 10.9 Å². The van der Waals surface area contributed by atoms with Gasteiger partial charge in [0.1, 0.15) is 17.7 Å². The summed E-state index contributed by atoms with van der Waals surface area (Å²) >= 11 is 0. The second-order valence-corrected chi connectivity index (χ2v) is 7.90. The summed E-state index contributed by atoms with van der Waals surface area (Å²) in [5.74, 6) is -2.16. The third-order valence-electron chi connectivity index (χ3n) is 5.72. The molecule has 0 radical (unpaired) electrons. The zero-order valence-electron chi connectivity index (χ0n) is 17.8. The maximum absolute atomic E-state index is 14.2. The molecule has 1 aromatic heterocycles. The van der Waals surface area contributed by atoms with E-state index < -0.39 is 29.7 Å². The van der Waals surface area contributed by atoms with Crippen LogP contribution in [0.2, 0.25) is 0 Å². The molecule has 8 heteroatoms. The van der Waals surface area contributed by atoms with Crippen LogP contribution < -0.4 is 5.32 Å². The van der Waals surface area contributed by atoms with Gasteiger partial charge < -0.3 is 10.1 Å². The van der Waals surface area contributed by atoms with Crippen molar-refractivity contribution in [3.8, 4) is 0 Å². The van der Waals surface area contributed by atoms with E-state index in [0.717, 1.165) is 5.39 Å². The van der Waals surface area contributed by atoms with Gasteiger partial charge in [-0.2, -0.15) is 0 Å². The predicted molar refractivity (Wildman–Crippen MR) is 115 cm³/mol. The number of para-hydroxylation sites is 1. The number of nitrogens with zero attached hydrogens (tertiary/aromatic N) is 2. The molecule has 3 aromatic rings. The Hall–Kier alpha value is -3.39. The van der Waals surface area contributed by atoms with Crippen LogP contribution >= 0.6 is 0 Å². The van der Waals surface area contributed by atoms with Crippen LogP contribution in [0.5, 0.6) is 0 Å². The highest BCUT2D eigenvalue weighted by atomic mass is 19.1. The number of rotatable bonds is 5. The Balaban J connectivity index is 1.56. The van der Waals surface area contributed by atoms with Gasteiger partial charge in [0, 0.05) is 35.8 Å². The van der Waals surface area contributed by atoms with Crippen LogP contribution in [-0.4, -0.2) is 47.5 Å². The molecule has 2 heterocycles. The van der Waals surface area contributed by atoms with Gasteiger partial charge in [0.05, 0.1) is 18.2 Å². The zero-order valence-corrected chi connectivity index (χ0v) is 17.8. The molecular weight excluding hydrogens is 416 g/mol. The molecule has 1 amide bonds. The number of amides is 1. The summed E-state index contributed by atoms with van der Waals surface area (Å²) in [6, 6.07) is 11.6. The second kappa shape index (κ2) is 9.00. The highest BCUT2D eigenvalue weighted by Gasteiger charge is 2.39. The number of aryl methyl sites for hydroxylation is 1. The largest absolute Gasteiger partial charge is 0.468 e. The molecule has 0 saturated carbocycles. The Bertz CT molecular complexity index is 1160. The number of hydrogen-bond donors (Lipinski definition) is 1. The summed E-state index contributed by atoms with van der Waals surface area (Å²) in [6.45, 7) is 1.96. The number of pyridine rings is 1. The fraction of sp³-hybridized carbons (Fsp3) is 0.292. The van der Waals surface area contributed by atoms with E-state index in [1.807, 2.05) is 31.2 Å². The Kier molecular flexibility index (Phi) is 6.14. The smallest absolute Gasteiger partial charge is 0.323 e. The molecule has 0 unspecified atom stereocenters. The normalized spacial score (nSPS) is 18.6. The third kappa shape index (κ3) is 4.31. The minimum atomic E-state index is -0.722. The summed E-state index contributed by atoms with van der Waals surface area (Å²) < 4.78 is 33.2. The molecule has 4 rings (SSSR count). The van der Waals surface area contributed by atoms with E-state index in [0.29, 0.717) is 16.8 Å². The highest BCUT2D eigenvalue weighted by molar-refractivity contribution is 6.06. The fourth-order valence-electron chi connectivity index (χ4n) is 4.21. The maximum Gasteiger partial charge on any atom is 0.323 e. The first kappa shape index (κ1) is 21.8. The van der Waals surface area contributed by atoms with Crippen molar-refractivity contribution in [1.29, 1.82) is 0 Å². The number of benzene rings is 2. The van der Waals surface area contributed by atoms with Crippen LogP contribution in [0.15, 0.2) is 48.5 Å². The van der Waals surface area contributed by atoms with Gasteiger partial charge in [-0.3, -0.25) is 19.5 Å². The molecule has 1 aliphatic rings. The highest BCUT2D eigenvalue weighted by Crippen LogP contribution is 2.25. The monoisotopic (exact) mass is 439 g/mol. The van der Waals surface area contributed by atoms with E-state index >= 15 is 0 Å². The number of carbonyl (C=O) groups excluding carboxylic acids is 2. The number of esters is 1. The summed E-state index contributed by atoms with van der Waals surface area (Å²) in [7, 11) is 1.27. The standard InChI is InChI=1S/C24H23F2N3O3/c1-14-10-17(16-6-3-4-9-21(16)27-14)23(30)28-15-11-22(24(31)32-2)29(12-15)13-18-19(25)7-5-8-20(18)26/h3-10,15,22H,11-13H2,1-2H3,(H,28,30)/t15-,22-/m0/s1. The summed E-state index contributed by atoms with van der Waals surface area (Å²) in [5.41, 5.74) is 1.79. The molecule has 0 bridgehead atoms. The Labute approximate surface area is 184 Å². The molecule has 0 spiro atoms. The number of ether oxygens (including phenoxy) is 1. The second-order valence-electron chi connectivity index (χ2n) is 7.90. The van der Waals surface area contributed by atoms with Crippen molar-refractivity contribution < 1.29 is 23.1 Å². The quantitative estimate of drug-likeness (QED) is 0.618. The predicted octanol–water partition coefficient (Wildman–Crippen LogP) is 3.37. The minimum Gasteiger partial charge on any atom is -0.468 e. The lowest BCUT2D eigenvalue weighted by Crippen LogP contribution is -2.38. The number of methoxy groups -OCH3 is 1. The molecule has 1 saturated heterocycles. The topological polar surface area (TPSA) is 71.5 Å². The summed E-state index contributed by atoms with van der Waals surface area (Å²) in [4.78, 5) is 31.5. The van der Waals surface area contributed by atoms with Gasteiger partial charge in [0.15, 0.2) is 0 Å². The van der Waals surface area contributed by atoms with Gasteiger partial charge >= 0.3 is 5.97 Å².